The number of rotatable bonds is 9. The molecule has 34 heavy (non-hydrogen) atoms. The molecule has 4 rings (SSSR count). The molecule has 0 saturated heterocycles. The van der Waals surface area contributed by atoms with E-state index in [1.807, 2.05) is 31.3 Å². The van der Waals surface area contributed by atoms with Crippen molar-refractivity contribution in [2.24, 2.45) is 0 Å². The number of halogens is 1. The highest BCUT2D eigenvalue weighted by atomic mass is 32.2. The van der Waals surface area contributed by atoms with E-state index in [1.54, 1.807) is 37.4 Å². The van der Waals surface area contributed by atoms with Crippen molar-refractivity contribution in [3.05, 3.63) is 60.3 Å². The first-order valence-corrected chi connectivity index (χ1v) is 12.0. The average molecular weight is 481 g/mol. The molecule has 4 aromatic rings. The molecule has 0 amide bonds. The lowest BCUT2D eigenvalue weighted by molar-refractivity contribution is 0.464. The van der Waals surface area contributed by atoms with Crippen molar-refractivity contribution in [2.45, 2.75) is 30.0 Å². The smallest absolute Gasteiger partial charge is 0.270 e. The van der Waals surface area contributed by atoms with Crippen molar-refractivity contribution >= 4 is 17.0 Å². The van der Waals surface area contributed by atoms with Gasteiger partial charge in [-0.25, -0.2) is 9.97 Å². The summed E-state index contributed by atoms with van der Waals surface area (Å²) < 4.78 is 30.9. The third-order valence-electron chi connectivity index (χ3n) is 5.27. The van der Waals surface area contributed by atoms with Crippen molar-refractivity contribution in [3.63, 3.8) is 0 Å². The van der Waals surface area contributed by atoms with Gasteiger partial charge >= 0.3 is 0 Å². The fourth-order valence-electron chi connectivity index (χ4n) is 3.35. The molecular formula is C24H25FN6O2S. The zero-order chi connectivity index (χ0) is 24.1. The minimum atomic E-state index is -1.28. The van der Waals surface area contributed by atoms with E-state index in [4.69, 9.17) is 10.2 Å². The summed E-state index contributed by atoms with van der Waals surface area (Å²) in [5, 5.41) is 11.1. The standard InChI is InChI=1S/C24H25FN6O2S/c1-15(11-12-25)34(32)19-9-7-17(8-10-19)20-14-28-22(26)21(29-20)24-31-30-23(33-24)18-5-3-16(4-6-18)13-27-2/h3-10,14-15,27H,11-13H2,1-2H3,(H2,26,28). The first kappa shape index (κ1) is 23.8. The van der Waals surface area contributed by atoms with Crippen LogP contribution in [0.25, 0.3) is 34.3 Å². The monoisotopic (exact) mass is 480 g/mol. The summed E-state index contributed by atoms with van der Waals surface area (Å²) in [6.45, 7) is 2.05. The minimum Gasteiger partial charge on any atom is -0.611 e. The second kappa shape index (κ2) is 10.7. The molecule has 0 saturated carbocycles. The number of nitrogen functional groups attached to an aromatic ring is 1. The summed E-state index contributed by atoms with van der Waals surface area (Å²) in [5.41, 5.74) is 9.56. The summed E-state index contributed by atoms with van der Waals surface area (Å²) in [4.78, 5) is 9.45. The Bertz CT molecular complexity index is 1230. The highest BCUT2D eigenvalue weighted by molar-refractivity contribution is 7.92. The highest BCUT2D eigenvalue weighted by Gasteiger charge is 2.21. The Labute approximate surface area is 200 Å². The predicted molar refractivity (Wildman–Crippen MR) is 130 cm³/mol. The molecule has 3 N–H and O–H groups in total. The second-order valence-corrected chi connectivity index (χ2v) is 9.61. The average Bonchev–Trinajstić information content (AvgIpc) is 3.35. The van der Waals surface area contributed by atoms with Crippen LogP contribution in [-0.2, 0) is 17.7 Å². The Morgan fingerprint density at radius 2 is 1.74 bits per heavy atom. The Balaban J connectivity index is 1.57. The number of alkyl halides is 1. The number of hydrogen-bond acceptors (Lipinski definition) is 8. The van der Waals surface area contributed by atoms with Gasteiger partial charge in [-0.05, 0) is 67.1 Å². The van der Waals surface area contributed by atoms with Gasteiger partial charge < -0.3 is 20.0 Å². The lowest BCUT2D eigenvalue weighted by Crippen LogP contribution is -2.18. The fourth-order valence-corrected chi connectivity index (χ4v) is 4.52. The van der Waals surface area contributed by atoms with Gasteiger partial charge in [0.2, 0.25) is 5.89 Å². The van der Waals surface area contributed by atoms with Crippen molar-refractivity contribution in [1.29, 1.82) is 0 Å². The van der Waals surface area contributed by atoms with E-state index in [9.17, 15) is 8.94 Å². The van der Waals surface area contributed by atoms with Crippen LogP contribution in [0.2, 0.25) is 0 Å². The quantitative estimate of drug-likeness (QED) is 0.344. The van der Waals surface area contributed by atoms with Crippen LogP contribution >= 0.6 is 0 Å². The lowest BCUT2D eigenvalue weighted by atomic mass is 10.1. The number of anilines is 1. The Morgan fingerprint density at radius 3 is 2.41 bits per heavy atom. The molecule has 2 atom stereocenters. The van der Waals surface area contributed by atoms with E-state index in [0.717, 1.165) is 23.2 Å². The van der Waals surface area contributed by atoms with Crippen molar-refractivity contribution < 1.29 is 13.4 Å². The molecule has 0 spiro atoms. The van der Waals surface area contributed by atoms with Gasteiger partial charge in [0.05, 0.1) is 18.6 Å². The molecule has 2 aromatic carbocycles. The highest BCUT2D eigenvalue weighted by Crippen LogP contribution is 2.29. The summed E-state index contributed by atoms with van der Waals surface area (Å²) in [6.07, 6.45) is 1.81. The van der Waals surface area contributed by atoms with Gasteiger partial charge in [0.1, 0.15) is 5.25 Å². The van der Waals surface area contributed by atoms with Crippen LogP contribution in [0, 0.1) is 0 Å². The van der Waals surface area contributed by atoms with Crippen LogP contribution in [0.5, 0.6) is 0 Å². The van der Waals surface area contributed by atoms with Gasteiger partial charge in [-0.2, -0.15) is 0 Å². The lowest BCUT2D eigenvalue weighted by Gasteiger charge is -2.16. The third kappa shape index (κ3) is 5.24. The summed E-state index contributed by atoms with van der Waals surface area (Å²) >= 11 is -1.28. The molecule has 0 radical (unpaired) electrons. The molecule has 0 aliphatic carbocycles. The number of nitrogens with two attached hydrogens (primary N) is 1. The maximum absolute atomic E-state index is 12.6. The molecule has 2 heterocycles. The number of aromatic nitrogens is 4. The number of benzene rings is 2. The van der Waals surface area contributed by atoms with E-state index in [1.165, 1.54) is 0 Å². The van der Waals surface area contributed by atoms with Gasteiger partial charge in [-0.15, -0.1) is 10.2 Å². The Hall–Kier alpha value is -3.34. The predicted octanol–water partition coefficient (Wildman–Crippen LogP) is 4.02. The first-order valence-electron chi connectivity index (χ1n) is 10.8. The minimum absolute atomic E-state index is 0.166. The molecule has 0 aliphatic rings. The van der Waals surface area contributed by atoms with E-state index in [-0.39, 0.29) is 29.1 Å². The first-order chi connectivity index (χ1) is 16.5. The number of nitrogens with zero attached hydrogens (tertiary/aromatic N) is 4. The van der Waals surface area contributed by atoms with Crippen LogP contribution in [0.15, 0.2) is 64.0 Å². The maximum Gasteiger partial charge on any atom is 0.270 e. The normalized spacial score (nSPS) is 13.1. The molecule has 10 heteroatoms. The molecular weight excluding hydrogens is 455 g/mol. The van der Waals surface area contributed by atoms with Crippen molar-refractivity contribution in [1.82, 2.24) is 25.5 Å². The van der Waals surface area contributed by atoms with E-state index in [0.29, 0.717) is 16.5 Å². The SMILES string of the molecule is CNCc1ccc(-c2nnc(-c3nc(-c4ccc([S+]([O-])C(C)CCF)cc4)cnc3N)o2)cc1. The van der Waals surface area contributed by atoms with E-state index in [2.05, 4.69) is 25.5 Å². The second-order valence-electron chi connectivity index (χ2n) is 7.74. The zero-order valence-corrected chi connectivity index (χ0v) is 19.7. The third-order valence-corrected chi connectivity index (χ3v) is 6.98. The van der Waals surface area contributed by atoms with Gasteiger partial charge in [0.15, 0.2) is 16.4 Å². The molecule has 0 fully saturated rings. The Morgan fingerprint density at radius 1 is 1.06 bits per heavy atom. The van der Waals surface area contributed by atoms with Gasteiger partial charge in [0.25, 0.3) is 5.89 Å². The van der Waals surface area contributed by atoms with E-state index < -0.39 is 17.9 Å². The van der Waals surface area contributed by atoms with Crippen LogP contribution < -0.4 is 11.1 Å². The van der Waals surface area contributed by atoms with Crippen LogP contribution in [0.3, 0.4) is 0 Å². The molecule has 2 aromatic heterocycles. The molecule has 176 valence electrons. The van der Waals surface area contributed by atoms with Gasteiger partial charge in [-0.3, -0.25) is 4.39 Å². The van der Waals surface area contributed by atoms with Crippen LogP contribution in [0.4, 0.5) is 10.2 Å². The fraction of sp³-hybridized carbons (Fsp3) is 0.250. The summed E-state index contributed by atoms with van der Waals surface area (Å²) in [7, 11) is 1.89. The number of nitrogens with one attached hydrogen (secondary N) is 1. The van der Waals surface area contributed by atoms with Gasteiger partial charge in [-0.1, -0.05) is 12.1 Å². The summed E-state index contributed by atoms with van der Waals surface area (Å²) in [5.74, 6) is 0.687. The molecule has 0 aliphatic heterocycles. The number of hydrogen-bond donors (Lipinski definition) is 2. The molecule has 8 nitrogen and oxygen atoms in total. The Kier molecular flexibility index (Phi) is 7.51. The van der Waals surface area contributed by atoms with Gasteiger partial charge in [0, 0.05) is 24.1 Å². The van der Waals surface area contributed by atoms with Crippen LogP contribution in [0.1, 0.15) is 18.9 Å². The molecule has 2 unspecified atom stereocenters. The maximum atomic E-state index is 12.6. The largest absolute Gasteiger partial charge is 0.611 e. The van der Waals surface area contributed by atoms with Crippen molar-refractivity contribution in [2.75, 3.05) is 19.5 Å². The van der Waals surface area contributed by atoms with E-state index >= 15 is 0 Å². The topological polar surface area (TPSA) is 126 Å². The van der Waals surface area contributed by atoms with Crippen molar-refractivity contribution in [3.8, 4) is 34.3 Å². The zero-order valence-electron chi connectivity index (χ0n) is 18.9. The molecule has 0 bridgehead atoms. The van der Waals surface area contributed by atoms with Crippen LogP contribution in [-0.4, -0.2) is 43.7 Å². The summed E-state index contributed by atoms with van der Waals surface area (Å²) in [6, 6.07) is 14.9.